The lowest BCUT2D eigenvalue weighted by molar-refractivity contribution is -0.114. The van der Waals surface area contributed by atoms with Crippen LogP contribution in [0.3, 0.4) is 0 Å². The zero-order chi connectivity index (χ0) is 15.9. The number of anilines is 1. The van der Waals surface area contributed by atoms with E-state index in [4.69, 9.17) is 0 Å². The van der Waals surface area contributed by atoms with Gasteiger partial charge in [0.2, 0.25) is 5.91 Å². The Labute approximate surface area is 131 Å². The number of carbonyl (C=O) groups excluding carboxylic acids is 1. The average molecular weight is 310 g/mol. The van der Waals surface area contributed by atoms with Gasteiger partial charge in [0.15, 0.2) is 0 Å². The molecule has 0 radical (unpaired) electrons. The minimum absolute atomic E-state index is 0.0595. The minimum atomic E-state index is -0.608. The van der Waals surface area contributed by atoms with Crippen molar-refractivity contribution in [3.63, 3.8) is 0 Å². The molecular formula is C16H26N2O2S. The molecule has 21 heavy (non-hydrogen) atoms. The number of rotatable bonds is 8. The predicted molar refractivity (Wildman–Crippen MR) is 90.8 cm³/mol. The van der Waals surface area contributed by atoms with Crippen molar-refractivity contribution in [2.24, 2.45) is 0 Å². The highest BCUT2D eigenvalue weighted by atomic mass is 32.2. The van der Waals surface area contributed by atoms with Gasteiger partial charge in [-0.1, -0.05) is 12.1 Å². The van der Waals surface area contributed by atoms with E-state index in [-0.39, 0.29) is 11.9 Å². The average Bonchev–Trinajstić information content (AvgIpc) is 2.36. The van der Waals surface area contributed by atoms with Gasteiger partial charge in [-0.15, -0.1) is 0 Å². The van der Waals surface area contributed by atoms with Crippen molar-refractivity contribution in [1.29, 1.82) is 0 Å². The normalized spacial score (nSPS) is 13.0. The van der Waals surface area contributed by atoms with E-state index in [1.807, 2.05) is 38.1 Å². The Morgan fingerprint density at radius 1 is 1.43 bits per heavy atom. The third kappa shape index (κ3) is 8.09. The van der Waals surface area contributed by atoms with Crippen LogP contribution in [-0.4, -0.2) is 34.7 Å². The summed E-state index contributed by atoms with van der Waals surface area (Å²) in [6, 6.07) is 8.09. The maximum absolute atomic E-state index is 11.1. The van der Waals surface area contributed by atoms with E-state index in [0.29, 0.717) is 0 Å². The Balaban J connectivity index is 2.38. The maximum Gasteiger partial charge on any atom is 0.221 e. The molecule has 5 heteroatoms. The molecule has 0 saturated heterocycles. The summed E-state index contributed by atoms with van der Waals surface area (Å²) in [6.45, 7) is 8.14. The third-order valence-electron chi connectivity index (χ3n) is 2.86. The monoisotopic (exact) mass is 310 g/mol. The molecule has 0 aromatic heterocycles. The maximum atomic E-state index is 11.1. The summed E-state index contributed by atoms with van der Waals surface area (Å²) in [7, 11) is 0. The van der Waals surface area contributed by atoms with Crippen LogP contribution in [0.1, 0.15) is 39.3 Å². The Hall–Kier alpha value is -1.04. The standard InChI is InChI=1S/C16H26N2O2S/c1-12(17-8-9-21-11-16(3,4)20)14-6-5-7-15(10-14)18-13(2)19/h5-7,10,12,17,20H,8-9,11H2,1-4H3,(H,18,19)/t12-/m0/s1. The molecule has 1 aromatic rings. The molecule has 3 N–H and O–H groups in total. The second-order valence-corrected chi connectivity index (χ2v) is 6.95. The van der Waals surface area contributed by atoms with Crippen LogP contribution in [-0.2, 0) is 4.79 Å². The Morgan fingerprint density at radius 2 is 2.14 bits per heavy atom. The highest BCUT2D eigenvalue weighted by molar-refractivity contribution is 7.99. The van der Waals surface area contributed by atoms with Crippen molar-refractivity contribution < 1.29 is 9.90 Å². The second kappa shape index (κ2) is 8.41. The van der Waals surface area contributed by atoms with Crippen molar-refractivity contribution in [2.45, 2.75) is 39.3 Å². The van der Waals surface area contributed by atoms with Gasteiger partial charge in [-0.05, 0) is 38.5 Å². The van der Waals surface area contributed by atoms with Crippen LogP contribution in [0.25, 0.3) is 0 Å². The van der Waals surface area contributed by atoms with Gasteiger partial charge < -0.3 is 15.7 Å². The summed E-state index contributed by atoms with van der Waals surface area (Å²) in [5.41, 5.74) is 1.36. The number of thioether (sulfide) groups is 1. The number of amides is 1. The summed E-state index contributed by atoms with van der Waals surface area (Å²) in [5.74, 6) is 1.64. The van der Waals surface area contributed by atoms with Crippen molar-refractivity contribution in [2.75, 3.05) is 23.4 Å². The van der Waals surface area contributed by atoms with E-state index in [0.717, 1.165) is 29.3 Å². The fraction of sp³-hybridized carbons (Fsp3) is 0.562. The van der Waals surface area contributed by atoms with E-state index in [1.54, 1.807) is 11.8 Å². The summed E-state index contributed by atoms with van der Waals surface area (Å²) in [4.78, 5) is 11.1. The Kier molecular flexibility index (Phi) is 7.22. The number of hydrogen-bond donors (Lipinski definition) is 3. The number of aliphatic hydroxyl groups is 1. The zero-order valence-electron chi connectivity index (χ0n) is 13.3. The molecule has 0 aliphatic rings. The summed E-state index contributed by atoms with van der Waals surface area (Å²) in [6.07, 6.45) is 0. The van der Waals surface area contributed by atoms with E-state index < -0.39 is 5.60 Å². The zero-order valence-corrected chi connectivity index (χ0v) is 14.1. The number of nitrogens with one attached hydrogen (secondary N) is 2. The molecule has 1 rings (SSSR count). The summed E-state index contributed by atoms with van der Waals surface area (Å²) in [5, 5.41) is 15.9. The largest absolute Gasteiger partial charge is 0.390 e. The first kappa shape index (κ1) is 18.0. The van der Waals surface area contributed by atoms with Gasteiger partial charge in [-0.2, -0.15) is 11.8 Å². The van der Waals surface area contributed by atoms with Crippen molar-refractivity contribution in [3.05, 3.63) is 29.8 Å². The van der Waals surface area contributed by atoms with E-state index in [2.05, 4.69) is 17.6 Å². The van der Waals surface area contributed by atoms with Crippen LogP contribution in [0.15, 0.2) is 24.3 Å². The molecule has 0 heterocycles. The molecule has 0 aliphatic heterocycles. The second-order valence-electron chi connectivity index (χ2n) is 5.85. The lowest BCUT2D eigenvalue weighted by atomic mass is 10.1. The first-order chi connectivity index (χ1) is 9.78. The first-order valence-electron chi connectivity index (χ1n) is 7.19. The van der Waals surface area contributed by atoms with Gasteiger partial charge in [-0.3, -0.25) is 4.79 Å². The van der Waals surface area contributed by atoms with Crippen molar-refractivity contribution in [3.8, 4) is 0 Å². The molecular weight excluding hydrogens is 284 g/mol. The van der Waals surface area contributed by atoms with Crippen LogP contribution in [0, 0.1) is 0 Å². The van der Waals surface area contributed by atoms with Crippen LogP contribution in [0.2, 0.25) is 0 Å². The van der Waals surface area contributed by atoms with Gasteiger partial charge in [-0.25, -0.2) is 0 Å². The lowest BCUT2D eigenvalue weighted by Gasteiger charge is -2.18. The number of carbonyl (C=O) groups is 1. The van der Waals surface area contributed by atoms with Crippen LogP contribution in [0.4, 0.5) is 5.69 Å². The molecule has 4 nitrogen and oxygen atoms in total. The van der Waals surface area contributed by atoms with Gasteiger partial charge >= 0.3 is 0 Å². The van der Waals surface area contributed by atoms with Crippen LogP contribution in [0.5, 0.6) is 0 Å². The van der Waals surface area contributed by atoms with Gasteiger partial charge in [0.1, 0.15) is 0 Å². The summed E-state index contributed by atoms with van der Waals surface area (Å²) >= 11 is 1.74. The van der Waals surface area contributed by atoms with Gasteiger partial charge in [0, 0.05) is 36.7 Å². The third-order valence-corrected chi connectivity index (χ3v) is 4.26. The molecule has 0 saturated carbocycles. The number of benzene rings is 1. The summed E-state index contributed by atoms with van der Waals surface area (Å²) < 4.78 is 0. The van der Waals surface area contributed by atoms with Gasteiger partial charge in [0.25, 0.3) is 0 Å². The molecule has 1 atom stereocenters. The van der Waals surface area contributed by atoms with Crippen LogP contribution >= 0.6 is 11.8 Å². The molecule has 118 valence electrons. The van der Waals surface area contributed by atoms with E-state index in [1.165, 1.54) is 6.92 Å². The van der Waals surface area contributed by atoms with Gasteiger partial charge in [0.05, 0.1) is 5.60 Å². The molecule has 0 fully saturated rings. The minimum Gasteiger partial charge on any atom is -0.390 e. The first-order valence-corrected chi connectivity index (χ1v) is 8.34. The number of hydrogen-bond acceptors (Lipinski definition) is 4. The SMILES string of the molecule is CC(=O)Nc1cccc([C@H](C)NCCSCC(C)(C)O)c1. The molecule has 1 amide bonds. The Bertz CT molecular complexity index is 458. The fourth-order valence-electron chi connectivity index (χ4n) is 1.88. The smallest absolute Gasteiger partial charge is 0.221 e. The highest BCUT2D eigenvalue weighted by Gasteiger charge is 2.12. The van der Waals surface area contributed by atoms with Crippen LogP contribution < -0.4 is 10.6 Å². The molecule has 1 aromatic carbocycles. The topological polar surface area (TPSA) is 61.4 Å². The fourth-order valence-corrected chi connectivity index (χ4v) is 2.78. The molecule has 0 aliphatic carbocycles. The van der Waals surface area contributed by atoms with E-state index in [9.17, 15) is 9.90 Å². The van der Waals surface area contributed by atoms with Crippen molar-refractivity contribution in [1.82, 2.24) is 5.32 Å². The lowest BCUT2D eigenvalue weighted by Crippen LogP contribution is -2.25. The highest BCUT2D eigenvalue weighted by Crippen LogP contribution is 2.18. The molecule has 0 spiro atoms. The van der Waals surface area contributed by atoms with Crippen molar-refractivity contribution >= 4 is 23.4 Å². The molecule has 0 bridgehead atoms. The quantitative estimate of drug-likeness (QED) is 0.646. The van der Waals surface area contributed by atoms with E-state index >= 15 is 0 Å². The molecule has 0 unspecified atom stereocenters. The Morgan fingerprint density at radius 3 is 2.76 bits per heavy atom. The predicted octanol–water partition coefficient (Wildman–Crippen LogP) is 2.80.